The molecule has 1 aliphatic rings. The molecule has 4 aromatic rings. The summed E-state index contributed by atoms with van der Waals surface area (Å²) >= 11 is 0. The molecule has 168 valence electrons. The SMILES string of the molecule is NC(=O)CC(c1ccc(N2C(=O)CC(=O)Nc3c2ccc2ccccc32)cc1)c1cccnc1. The molecule has 3 aromatic carbocycles. The predicted octanol–water partition coefficient (Wildman–Crippen LogP) is 4.25. The average molecular weight is 450 g/mol. The van der Waals surface area contributed by atoms with Crippen molar-refractivity contribution in [3.05, 3.63) is 96.3 Å². The highest BCUT2D eigenvalue weighted by Gasteiger charge is 2.29. The van der Waals surface area contributed by atoms with E-state index in [0.29, 0.717) is 17.1 Å². The number of hydrogen-bond donors (Lipinski definition) is 2. The summed E-state index contributed by atoms with van der Waals surface area (Å²) in [6.07, 6.45) is 3.28. The maximum Gasteiger partial charge on any atom is 0.241 e. The van der Waals surface area contributed by atoms with Gasteiger partial charge in [-0.25, -0.2) is 0 Å². The maximum atomic E-state index is 13.1. The Morgan fingerprint density at radius 2 is 1.76 bits per heavy atom. The molecular formula is C27H22N4O3. The van der Waals surface area contributed by atoms with Crippen LogP contribution in [0.2, 0.25) is 0 Å². The number of aromatic nitrogens is 1. The minimum absolute atomic E-state index is 0.140. The lowest BCUT2D eigenvalue weighted by Crippen LogP contribution is -2.26. The summed E-state index contributed by atoms with van der Waals surface area (Å²) in [5.74, 6) is -1.33. The smallest absolute Gasteiger partial charge is 0.241 e. The van der Waals surface area contributed by atoms with Gasteiger partial charge < -0.3 is 11.1 Å². The largest absolute Gasteiger partial charge is 0.370 e. The zero-order valence-corrected chi connectivity index (χ0v) is 18.3. The van der Waals surface area contributed by atoms with Crippen molar-refractivity contribution in [2.75, 3.05) is 10.2 Å². The van der Waals surface area contributed by atoms with E-state index < -0.39 is 5.91 Å². The molecule has 2 heterocycles. The monoisotopic (exact) mass is 450 g/mol. The second-order valence-electron chi connectivity index (χ2n) is 8.24. The van der Waals surface area contributed by atoms with Crippen LogP contribution in [0.5, 0.6) is 0 Å². The molecule has 1 aliphatic heterocycles. The number of anilines is 3. The Hall–Kier alpha value is -4.52. The number of amides is 3. The Morgan fingerprint density at radius 3 is 2.50 bits per heavy atom. The van der Waals surface area contributed by atoms with E-state index >= 15 is 0 Å². The summed E-state index contributed by atoms with van der Waals surface area (Å²) in [5, 5.41) is 4.74. The van der Waals surface area contributed by atoms with Crippen molar-refractivity contribution in [3.63, 3.8) is 0 Å². The third-order valence-corrected chi connectivity index (χ3v) is 6.02. The van der Waals surface area contributed by atoms with Crippen LogP contribution in [0.1, 0.15) is 29.9 Å². The number of carbonyl (C=O) groups is 3. The van der Waals surface area contributed by atoms with Crippen LogP contribution in [0, 0.1) is 0 Å². The highest BCUT2D eigenvalue weighted by Crippen LogP contribution is 2.40. The van der Waals surface area contributed by atoms with E-state index in [-0.39, 0.29) is 30.6 Å². The van der Waals surface area contributed by atoms with Gasteiger partial charge in [-0.2, -0.15) is 0 Å². The fourth-order valence-electron chi connectivity index (χ4n) is 4.46. The number of carbonyl (C=O) groups excluding carboxylic acids is 3. The van der Waals surface area contributed by atoms with Gasteiger partial charge in [0.1, 0.15) is 6.42 Å². The standard InChI is InChI=1S/C27H22N4O3/c28-24(32)14-22(19-5-3-13-29-16-19)18-7-10-20(11-8-18)31-23-12-9-17-4-1-2-6-21(17)27(23)30-25(33)15-26(31)34/h1-13,16,22H,14-15H2,(H2,28,32)(H,30,33). The van der Waals surface area contributed by atoms with Crippen molar-refractivity contribution < 1.29 is 14.4 Å². The summed E-state index contributed by atoms with van der Waals surface area (Å²) in [5.41, 5.74) is 9.13. The van der Waals surface area contributed by atoms with Crippen molar-refractivity contribution >= 4 is 45.6 Å². The first-order chi connectivity index (χ1) is 16.5. The van der Waals surface area contributed by atoms with Crippen LogP contribution >= 0.6 is 0 Å². The molecule has 1 unspecified atom stereocenters. The molecule has 7 heteroatoms. The number of pyridine rings is 1. The summed E-state index contributed by atoms with van der Waals surface area (Å²) in [7, 11) is 0. The molecule has 0 saturated heterocycles. The van der Waals surface area contributed by atoms with Crippen LogP contribution in [0.15, 0.2) is 85.2 Å². The second-order valence-corrected chi connectivity index (χ2v) is 8.24. The first kappa shape index (κ1) is 21.3. The molecule has 1 aromatic heterocycles. The van der Waals surface area contributed by atoms with Crippen molar-refractivity contribution in [3.8, 4) is 0 Å². The molecule has 0 spiro atoms. The third-order valence-electron chi connectivity index (χ3n) is 6.02. The number of fused-ring (bicyclic) bond motifs is 3. The molecule has 3 N–H and O–H groups in total. The van der Waals surface area contributed by atoms with E-state index in [9.17, 15) is 14.4 Å². The number of nitrogens with two attached hydrogens (primary N) is 1. The maximum absolute atomic E-state index is 13.1. The number of benzene rings is 3. The van der Waals surface area contributed by atoms with E-state index in [1.807, 2.05) is 72.8 Å². The first-order valence-electron chi connectivity index (χ1n) is 10.9. The fraction of sp³-hybridized carbons (Fsp3) is 0.111. The van der Waals surface area contributed by atoms with Gasteiger partial charge in [0.25, 0.3) is 0 Å². The Bertz CT molecular complexity index is 1400. The van der Waals surface area contributed by atoms with Crippen LogP contribution in [-0.4, -0.2) is 22.7 Å². The van der Waals surface area contributed by atoms with Gasteiger partial charge in [-0.1, -0.05) is 48.5 Å². The van der Waals surface area contributed by atoms with Crippen molar-refractivity contribution in [1.82, 2.24) is 4.98 Å². The van der Waals surface area contributed by atoms with Crippen LogP contribution in [0.25, 0.3) is 10.8 Å². The topological polar surface area (TPSA) is 105 Å². The Morgan fingerprint density at radius 1 is 0.971 bits per heavy atom. The quantitative estimate of drug-likeness (QED) is 0.444. The highest BCUT2D eigenvalue weighted by molar-refractivity contribution is 6.21. The minimum atomic E-state index is -0.411. The zero-order chi connectivity index (χ0) is 23.7. The zero-order valence-electron chi connectivity index (χ0n) is 18.3. The molecule has 0 radical (unpaired) electrons. The number of rotatable bonds is 5. The molecule has 5 rings (SSSR count). The van der Waals surface area contributed by atoms with E-state index in [1.54, 1.807) is 17.3 Å². The Kier molecular flexibility index (Phi) is 5.51. The molecule has 1 atom stereocenters. The minimum Gasteiger partial charge on any atom is -0.370 e. The summed E-state index contributed by atoms with van der Waals surface area (Å²) in [4.78, 5) is 43.0. The number of nitrogens with one attached hydrogen (secondary N) is 1. The van der Waals surface area contributed by atoms with E-state index in [1.165, 1.54) is 0 Å². The normalized spacial score (nSPS) is 14.3. The summed E-state index contributed by atoms with van der Waals surface area (Å²) < 4.78 is 0. The summed E-state index contributed by atoms with van der Waals surface area (Å²) in [6, 6.07) is 22.6. The van der Waals surface area contributed by atoms with Gasteiger partial charge in [0, 0.05) is 35.8 Å². The van der Waals surface area contributed by atoms with Crippen LogP contribution < -0.4 is 16.0 Å². The molecule has 34 heavy (non-hydrogen) atoms. The van der Waals surface area contributed by atoms with Gasteiger partial charge in [0.15, 0.2) is 0 Å². The van der Waals surface area contributed by atoms with E-state index in [0.717, 1.165) is 21.9 Å². The number of primary amides is 1. The molecule has 0 bridgehead atoms. The van der Waals surface area contributed by atoms with Crippen molar-refractivity contribution in [1.29, 1.82) is 0 Å². The lowest BCUT2D eigenvalue weighted by Gasteiger charge is -2.24. The molecular weight excluding hydrogens is 428 g/mol. The lowest BCUT2D eigenvalue weighted by molar-refractivity contribution is -0.124. The lowest BCUT2D eigenvalue weighted by atomic mass is 9.89. The third kappa shape index (κ3) is 3.99. The predicted molar refractivity (Wildman–Crippen MR) is 131 cm³/mol. The number of hydrogen-bond acceptors (Lipinski definition) is 4. The van der Waals surface area contributed by atoms with E-state index in [4.69, 9.17) is 5.73 Å². The Labute approximate surface area is 196 Å². The molecule has 0 aliphatic carbocycles. The van der Waals surface area contributed by atoms with Gasteiger partial charge >= 0.3 is 0 Å². The van der Waals surface area contributed by atoms with Gasteiger partial charge in [-0.3, -0.25) is 24.3 Å². The van der Waals surface area contributed by atoms with Crippen LogP contribution in [0.4, 0.5) is 17.1 Å². The van der Waals surface area contributed by atoms with Crippen molar-refractivity contribution in [2.24, 2.45) is 5.73 Å². The van der Waals surface area contributed by atoms with Gasteiger partial charge in [0.2, 0.25) is 17.7 Å². The Balaban J connectivity index is 1.57. The highest BCUT2D eigenvalue weighted by atomic mass is 16.2. The average Bonchev–Trinajstić information content (AvgIpc) is 2.97. The molecule has 0 saturated carbocycles. The van der Waals surface area contributed by atoms with Gasteiger partial charge in [-0.05, 0) is 40.8 Å². The number of nitrogens with zero attached hydrogens (tertiary/aromatic N) is 2. The molecule has 7 nitrogen and oxygen atoms in total. The van der Waals surface area contributed by atoms with Crippen LogP contribution in [-0.2, 0) is 14.4 Å². The molecule has 3 amide bonds. The van der Waals surface area contributed by atoms with E-state index in [2.05, 4.69) is 10.3 Å². The molecule has 0 fully saturated rings. The van der Waals surface area contributed by atoms with Gasteiger partial charge in [0.05, 0.1) is 11.4 Å². The first-order valence-corrected chi connectivity index (χ1v) is 10.9. The second kappa shape index (κ2) is 8.78. The summed E-state index contributed by atoms with van der Waals surface area (Å²) in [6.45, 7) is 0. The van der Waals surface area contributed by atoms with Gasteiger partial charge in [-0.15, -0.1) is 0 Å². The fourth-order valence-corrected chi connectivity index (χ4v) is 4.46. The van der Waals surface area contributed by atoms with Crippen molar-refractivity contribution in [2.45, 2.75) is 18.8 Å². The van der Waals surface area contributed by atoms with Crippen LogP contribution in [0.3, 0.4) is 0 Å².